The van der Waals surface area contributed by atoms with Gasteiger partial charge in [0.2, 0.25) is 0 Å². The molecule has 0 bridgehead atoms. The van der Waals surface area contributed by atoms with Crippen LogP contribution in [0.5, 0.6) is 5.75 Å². The minimum atomic E-state index is -0.106. The second-order valence-electron chi connectivity index (χ2n) is 7.00. The Balaban J connectivity index is 1.88. The van der Waals surface area contributed by atoms with Gasteiger partial charge in [0.25, 0.3) is 5.91 Å². The average molecular weight is 325 g/mol. The molecule has 2 aromatic carbocycles. The molecule has 2 rings (SSSR count). The molecule has 2 aromatic rings. The van der Waals surface area contributed by atoms with Crippen molar-refractivity contribution in [2.24, 2.45) is 0 Å². The molecule has 0 aliphatic rings. The second-order valence-corrected chi connectivity index (χ2v) is 7.00. The van der Waals surface area contributed by atoms with E-state index in [9.17, 15) is 4.79 Å². The molecular weight excluding hydrogens is 298 g/mol. The Labute approximate surface area is 145 Å². The minimum absolute atomic E-state index is 0.0190. The van der Waals surface area contributed by atoms with Crippen molar-refractivity contribution in [2.75, 3.05) is 6.61 Å². The molecule has 0 aromatic heterocycles. The fourth-order valence-corrected chi connectivity index (χ4v) is 2.54. The first kappa shape index (κ1) is 18.1. The topological polar surface area (TPSA) is 38.3 Å². The fourth-order valence-electron chi connectivity index (χ4n) is 2.54. The Bertz CT molecular complexity index is 642. The summed E-state index contributed by atoms with van der Waals surface area (Å²) in [6, 6.07) is 18.0. The smallest absolute Gasteiger partial charge is 0.258 e. The summed E-state index contributed by atoms with van der Waals surface area (Å²) in [7, 11) is 0. The maximum absolute atomic E-state index is 12.1. The molecule has 3 heteroatoms. The lowest BCUT2D eigenvalue weighted by Crippen LogP contribution is -2.32. The van der Waals surface area contributed by atoms with Crippen LogP contribution < -0.4 is 10.1 Å². The predicted molar refractivity (Wildman–Crippen MR) is 98.3 cm³/mol. The van der Waals surface area contributed by atoms with Gasteiger partial charge >= 0.3 is 0 Å². The van der Waals surface area contributed by atoms with E-state index in [2.05, 4.69) is 33.0 Å². The zero-order valence-electron chi connectivity index (χ0n) is 15.0. The second kappa shape index (κ2) is 8.00. The largest absolute Gasteiger partial charge is 0.484 e. The van der Waals surface area contributed by atoms with Gasteiger partial charge in [-0.2, -0.15) is 0 Å². The van der Waals surface area contributed by atoms with Gasteiger partial charge in [0, 0.05) is 0 Å². The van der Waals surface area contributed by atoms with Gasteiger partial charge in [0.05, 0.1) is 6.04 Å². The standard InChI is InChI=1S/C21H27NO2/c1-5-19(16-9-7-6-8-10-16)22-20(23)15-24-18-13-11-17(12-14-18)21(2,3)4/h6-14,19H,5,15H2,1-4H3,(H,22,23)/t19-/m0/s1. The Hall–Kier alpha value is -2.29. The van der Waals surface area contributed by atoms with Gasteiger partial charge in [-0.05, 0) is 35.1 Å². The van der Waals surface area contributed by atoms with Gasteiger partial charge in [-0.25, -0.2) is 0 Å². The van der Waals surface area contributed by atoms with E-state index in [4.69, 9.17) is 4.74 Å². The first-order chi connectivity index (χ1) is 11.4. The predicted octanol–water partition coefficient (Wildman–Crippen LogP) is 4.63. The number of hydrogen-bond acceptors (Lipinski definition) is 2. The zero-order chi connectivity index (χ0) is 17.6. The molecule has 0 aliphatic carbocycles. The lowest BCUT2D eigenvalue weighted by atomic mass is 9.87. The van der Waals surface area contributed by atoms with Crippen LogP contribution in [0.1, 0.15) is 51.3 Å². The lowest BCUT2D eigenvalue weighted by molar-refractivity contribution is -0.123. The van der Waals surface area contributed by atoms with Gasteiger partial charge in [-0.15, -0.1) is 0 Å². The van der Waals surface area contributed by atoms with Crippen LogP contribution in [0, 0.1) is 0 Å². The van der Waals surface area contributed by atoms with E-state index in [1.807, 2.05) is 54.6 Å². The molecule has 1 amide bonds. The Morgan fingerprint density at radius 3 is 2.21 bits per heavy atom. The number of nitrogens with one attached hydrogen (secondary N) is 1. The summed E-state index contributed by atoms with van der Waals surface area (Å²) in [5.41, 5.74) is 2.47. The third-order valence-electron chi connectivity index (χ3n) is 4.04. The number of benzene rings is 2. The van der Waals surface area contributed by atoms with Gasteiger partial charge in [-0.3, -0.25) is 4.79 Å². The van der Waals surface area contributed by atoms with Crippen LogP contribution in [-0.2, 0) is 10.2 Å². The molecule has 0 heterocycles. The van der Waals surface area contributed by atoms with Crippen LogP contribution in [0.3, 0.4) is 0 Å². The maximum Gasteiger partial charge on any atom is 0.258 e. The Morgan fingerprint density at radius 2 is 1.67 bits per heavy atom. The highest BCUT2D eigenvalue weighted by Crippen LogP contribution is 2.24. The molecule has 1 N–H and O–H groups in total. The summed E-state index contributed by atoms with van der Waals surface area (Å²) in [5, 5.41) is 3.02. The number of ether oxygens (including phenoxy) is 1. The molecule has 0 radical (unpaired) electrons. The lowest BCUT2D eigenvalue weighted by Gasteiger charge is -2.19. The van der Waals surface area contributed by atoms with E-state index in [0.29, 0.717) is 5.75 Å². The number of carbonyl (C=O) groups excluding carboxylic acids is 1. The SMILES string of the molecule is CC[C@H](NC(=O)COc1ccc(C(C)(C)C)cc1)c1ccccc1. The van der Waals surface area contributed by atoms with Crippen molar-refractivity contribution >= 4 is 5.91 Å². The Kier molecular flexibility index (Phi) is 6.02. The van der Waals surface area contributed by atoms with Crippen molar-refractivity contribution in [1.82, 2.24) is 5.32 Å². The number of amides is 1. The van der Waals surface area contributed by atoms with Crippen LogP contribution in [0.15, 0.2) is 54.6 Å². The molecule has 0 saturated heterocycles. The summed E-state index contributed by atoms with van der Waals surface area (Å²) >= 11 is 0. The molecule has 0 fully saturated rings. The van der Waals surface area contributed by atoms with Gasteiger partial charge in [0.15, 0.2) is 6.61 Å². The third-order valence-corrected chi connectivity index (χ3v) is 4.04. The third kappa shape index (κ3) is 5.12. The molecule has 0 saturated carbocycles. The van der Waals surface area contributed by atoms with Gasteiger partial charge in [-0.1, -0.05) is 70.2 Å². The summed E-state index contributed by atoms with van der Waals surface area (Å²) in [4.78, 5) is 12.1. The Morgan fingerprint density at radius 1 is 1.04 bits per heavy atom. The first-order valence-corrected chi connectivity index (χ1v) is 8.48. The normalized spacial score (nSPS) is 12.5. The molecular formula is C21H27NO2. The molecule has 1 atom stereocenters. The highest BCUT2D eigenvalue weighted by Gasteiger charge is 2.14. The monoisotopic (exact) mass is 325 g/mol. The van der Waals surface area contributed by atoms with Crippen molar-refractivity contribution in [3.63, 3.8) is 0 Å². The van der Waals surface area contributed by atoms with Crippen LogP contribution in [0.25, 0.3) is 0 Å². The van der Waals surface area contributed by atoms with Crippen LogP contribution in [-0.4, -0.2) is 12.5 Å². The summed E-state index contributed by atoms with van der Waals surface area (Å²) < 4.78 is 5.60. The number of hydrogen-bond donors (Lipinski definition) is 1. The zero-order valence-corrected chi connectivity index (χ0v) is 15.0. The molecule has 24 heavy (non-hydrogen) atoms. The highest BCUT2D eigenvalue weighted by atomic mass is 16.5. The summed E-state index contributed by atoms with van der Waals surface area (Å²) in [6.45, 7) is 8.60. The highest BCUT2D eigenvalue weighted by molar-refractivity contribution is 5.78. The van der Waals surface area contributed by atoms with E-state index in [0.717, 1.165) is 12.0 Å². The van der Waals surface area contributed by atoms with E-state index in [-0.39, 0.29) is 24.0 Å². The van der Waals surface area contributed by atoms with Crippen molar-refractivity contribution in [1.29, 1.82) is 0 Å². The maximum atomic E-state index is 12.1. The number of carbonyl (C=O) groups is 1. The molecule has 128 valence electrons. The van der Waals surface area contributed by atoms with Crippen LogP contribution in [0.4, 0.5) is 0 Å². The summed E-state index contributed by atoms with van der Waals surface area (Å²) in [6.07, 6.45) is 0.843. The van der Waals surface area contributed by atoms with Crippen LogP contribution in [0.2, 0.25) is 0 Å². The van der Waals surface area contributed by atoms with Crippen molar-refractivity contribution < 1.29 is 9.53 Å². The average Bonchev–Trinajstić information content (AvgIpc) is 2.58. The molecule has 0 spiro atoms. The van der Waals surface area contributed by atoms with E-state index >= 15 is 0 Å². The first-order valence-electron chi connectivity index (χ1n) is 8.48. The van der Waals surface area contributed by atoms with E-state index in [1.165, 1.54) is 5.56 Å². The van der Waals surface area contributed by atoms with Gasteiger partial charge in [0.1, 0.15) is 5.75 Å². The van der Waals surface area contributed by atoms with E-state index in [1.54, 1.807) is 0 Å². The van der Waals surface area contributed by atoms with Crippen molar-refractivity contribution in [2.45, 2.75) is 45.6 Å². The van der Waals surface area contributed by atoms with E-state index < -0.39 is 0 Å². The number of rotatable bonds is 6. The van der Waals surface area contributed by atoms with Crippen molar-refractivity contribution in [3.8, 4) is 5.75 Å². The van der Waals surface area contributed by atoms with Crippen molar-refractivity contribution in [3.05, 3.63) is 65.7 Å². The molecule has 3 nitrogen and oxygen atoms in total. The summed E-state index contributed by atoms with van der Waals surface area (Å²) in [5.74, 6) is 0.608. The fraction of sp³-hybridized carbons (Fsp3) is 0.381. The van der Waals surface area contributed by atoms with Gasteiger partial charge < -0.3 is 10.1 Å². The molecule has 0 unspecified atom stereocenters. The quantitative estimate of drug-likeness (QED) is 0.841. The van der Waals surface area contributed by atoms with Crippen LogP contribution >= 0.6 is 0 Å². The minimum Gasteiger partial charge on any atom is -0.484 e. The molecule has 0 aliphatic heterocycles.